The van der Waals surface area contributed by atoms with Crippen LogP contribution < -0.4 is 5.32 Å². The van der Waals surface area contributed by atoms with Gasteiger partial charge in [0.1, 0.15) is 5.82 Å². The molecule has 3 aromatic rings. The first-order valence-corrected chi connectivity index (χ1v) is 6.41. The minimum Gasteiger partial charge on any atom is -0.370 e. The SMILES string of the molecule is c1ccc(CCNc2ccc3ccccc3n2)nc1. The highest BCUT2D eigenvalue weighted by Gasteiger charge is 1.98. The van der Waals surface area contributed by atoms with Crippen LogP contribution in [0.5, 0.6) is 0 Å². The number of benzene rings is 1. The first-order valence-electron chi connectivity index (χ1n) is 6.41. The number of pyridine rings is 2. The lowest BCUT2D eigenvalue weighted by Crippen LogP contribution is -2.07. The average Bonchev–Trinajstić information content (AvgIpc) is 2.48. The molecule has 0 aliphatic carbocycles. The smallest absolute Gasteiger partial charge is 0.126 e. The lowest BCUT2D eigenvalue weighted by molar-refractivity contribution is 0.955. The Morgan fingerprint density at radius 3 is 2.68 bits per heavy atom. The Balaban J connectivity index is 1.65. The van der Waals surface area contributed by atoms with Gasteiger partial charge in [0.15, 0.2) is 0 Å². The highest BCUT2D eigenvalue weighted by atomic mass is 15.0. The van der Waals surface area contributed by atoms with Gasteiger partial charge in [-0.15, -0.1) is 0 Å². The molecule has 3 nitrogen and oxygen atoms in total. The van der Waals surface area contributed by atoms with Crippen molar-refractivity contribution in [1.82, 2.24) is 9.97 Å². The molecule has 0 fully saturated rings. The van der Waals surface area contributed by atoms with Crippen molar-refractivity contribution in [3.63, 3.8) is 0 Å². The third kappa shape index (κ3) is 2.88. The summed E-state index contributed by atoms with van der Waals surface area (Å²) < 4.78 is 0. The normalized spacial score (nSPS) is 10.5. The number of nitrogens with one attached hydrogen (secondary N) is 1. The number of rotatable bonds is 4. The summed E-state index contributed by atoms with van der Waals surface area (Å²) in [5.74, 6) is 0.912. The van der Waals surface area contributed by atoms with E-state index in [0.29, 0.717) is 0 Å². The van der Waals surface area contributed by atoms with Gasteiger partial charge in [-0.1, -0.05) is 24.3 Å². The van der Waals surface area contributed by atoms with Crippen molar-refractivity contribution in [2.45, 2.75) is 6.42 Å². The van der Waals surface area contributed by atoms with Crippen LogP contribution >= 0.6 is 0 Å². The molecule has 0 unspecified atom stereocenters. The largest absolute Gasteiger partial charge is 0.370 e. The molecule has 0 atom stereocenters. The monoisotopic (exact) mass is 249 g/mol. The topological polar surface area (TPSA) is 37.8 Å². The molecule has 19 heavy (non-hydrogen) atoms. The third-order valence-electron chi connectivity index (χ3n) is 3.01. The molecule has 0 bridgehead atoms. The molecule has 2 heterocycles. The van der Waals surface area contributed by atoms with Crippen molar-refractivity contribution in [1.29, 1.82) is 0 Å². The molecule has 94 valence electrons. The predicted molar refractivity (Wildman–Crippen MR) is 78.2 cm³/mol. The van der Waals surface area contributed by atoms with Crippen LogP contribution in [0.2, 0.25) is 0 Å². The highest BCUT2D eigenvalue weighted by Crippen LogP contribution is 2.14. The standard InChI is InChI=1S/C16H15N3/c1-2-7-15-13(5-1)8-9-16(19-15)18-12-10-14-6-3-4-11-17-14/h1-9,11H,10,12H2,(H,18,19). The lowest BCUT2D eigenvalue weighted by atomic mass is 10.2. The van der Waals surface area contributed by atoms with Crippen molar-refractivity contribution in [2.75, 3.05) is 11.9 Å². The summed E-state index contributed by atoms with van der Waals surface area (Å²) >= 11 is 0. The van der Waals surface area contributed by atoms with E-state index in [0.717, 1.165) is 35.4 Å². The van der Waals surface area contributed by atoms with Gasteiger partial charge in [0.25, 0.3) is 0 Å². The van der Waals surface area contributed by atoms with Crippen LogP contribution in [0, 0.1) is 0 Å². The van der Waals surface area contributed by atoms with Crippen molar-refractivity contribution in [3.05, 3.63) is 66.5 Å². The zero-order chi connectivity index (χ0) is 12.9. The fraction of sp³-hybridized carbons (Fsp3) is 0.125. The Morgan fingerprint density at radius 1 is 0.895 bits per heavy atom. The number of anilines is 1. The van der Waals surface area contributed by atoms with Gasteiger partial charge < -0.3 is 5.32 Å². The van der Waals surface area contributed by atoms with E-state index in [4.69, 9.17) is 0 Å². The molecule has 0 aliphatic heterocycles. The number of aromatic nitrogens is 2. The Bertz CT molecular complexity index is 665. The number of hydrogen-bond acceptors (Lipinski definition) is 3. The van der Waals surface area contributed by atoms with Gasteiger partial charge in [0.05, 0.1) is 5.52 Å². The molecule has 3 rings (SSSR count). The minimum atomic E-state index is 0.836. The van der Waals surface area contributed by atoms with Crippen LogP contribution in [0.3, 0.4) is 0 Å². The first-order chi connectivity index (χ1) is 9.42. The molecule has 0 amide bonds. The summed E-state index contributed by atoms with van der Waals surface area (Å²) in [5, 5.41) is 4.50. The highest BCUT2D eigenvalue weighted by molar-refractivity contribution is 5.79. The van der Waals surface area contributed by atoms with Crippen molar-refractivity contribution in [3.8, 4) is 0 Å². The molecule has 0 saturated carbocycles. The number of fused-ring (bicyclic) bond motifs is 1. The van der Waals surface area contributed by atoms with Gasteiger partial charge in [-0.2, -0.15) is 0 Å². The second-order valence-electron chi connectivity index (χ2n) is 4.39. The Kier molecular flexibility index (Phi) is 3.36. The summed E-state index contributed by atoms with van der Waals surface area (Å²) in [4.78, 5) is 8.87. The number of para-hydroxylation sites is 1. The molecular formula is C16H15N3. The quantitative estimate of drug-likeness (QED) is 0.771. The molecule has 2 aromatic heterocycles. The number of hydrogen-bond donors (Lipinski definition) is 1. The zero-order valence-corrected chi connectivity index (χ0v) is 10.6. The molecule has 0 spiro atoms. The van der Waals surface area contributed by atoms with Gasteiger partial charge >= 0.3 is 0 Å². The van der Waals surface area contributed by atoms with E-state index in [1.54, 1.807) is 0 Å². The Labute approximate surface area is 112 Å². The maximum Gasteiger partial charge on any atom is 0.126 e. The fourth-order valence-electron chi connectivity index (χ4n) is 2.03. The van der Waals surface area contributed by atoms with E-state index in [-0.39, 0.29) is 0 Å². The average molecular weight is 249 g/mol. The molecule has 3 heteroatoms. The van der Waals surface area contributed by atoms with E-state index < -0.39 is 0 Å². The van der Waals surface area contributed by atoms with Crippen molar-refractivity contribution >= 4 is 16.7 Å². The van der Waals surface area contributed by atoms with Crippen molar-refractivity contribution in [2.24, 2.45) is 0 Å². The zero-order valence-electron chi connectivity index (χ0n) is 10.6. The van der Waals surface area contributed by atoms with Crippen LogP contribution in [0.4, 0.5) is 5.82 Å². The second-order valence-corrected chi connectivity index (χ2v) is 4.39. The first kappa shape index (κ1) is 11.7. The lowest BCUT2D eigenvalue weighted by Gasteiger charge is -2.06. The van der Waals surface area contributed by atoms with E-state index in [9.17, 15) is 0 Å². The van der Waals surface area contributed by atoms with E-state index >= 15 is 0 Å². The van der Waals surface area contributed by atoms with Crippen LogP contribution in [0.15, 0.2) is 60.8 Å². The van der Waals surface area contributed by atoms with Gasteiger partial charge in [-0.05, 0) is 30.3 Å². The Hall–Kier alpha value is -2.42. The van der Waals surface area contributed by atoms with Crippen LogP contribution in [-0.4, -0.2) is 16.5 Å². The summed E-state index contributed by atoms with van der Waals surface area (Å²) in [6, 6.07) is 18.2. The third-order valence-corrected chi connectivity index (χ3v) is 3.01. The summed E-state index contributed by atoms with van der Waals surface area (Å²) in [5.41, 5.74) is 2.11. The van der Waals surface area contributed by atoms with Crippen LogP contribution in [0.1, 0.15) is 5.69 Å². The number of nitrogens with zero attached hydrogens (tertiary/aromatic N) is 2. The van der Waals surface area contributed by atoms with Crippen LogP contribution in [-0.2, 0) is 6.42 Å². The molecule has 1 aromatic carbocycles. The minimum absolute atomic E-state index is 0.836. The molecule has 0 saturated heterocycles. The predicted octanol–water partition coefficient (Wildman–Crippen LogP) is 3.28. The molecule has 0 aliphatic rings. The van der Waals surface area contributed by atoms with E-state index in [1.165, 1.54) is 0 Å². The maximum absolute atomic E-state index is 4.57. The fourth-order valence-corrected chi connectivity index (χ4v) is 2.03. The maximum atomic E-state index is 4.57. The molecule has 1 N–H and O–H groups in total. The van der Waals surface area contributed by atoms with Gasteiger partial charge in [-0.25, -0.2) is 4.98 Å². The summed E-state index contributed by atoms with van der Waals surface area (Å²) in [6.07, 6.45) is 2.72. The Morgan fingerprint density at radius 2 is 1.79 bits per heavy atom. The summed E-state index contributed by atoms with van der Waals surface area (Å²) in [7, 11) is 0. The van der Waals surface area contributed by atoms with E-state index in [2.05, 4.69) is 27.4 Å². The van der Waals surface area contributed by atoms with Crippen LogP contribution in [0.25, 0.3) is 10.9 Å². The van der Waals surface area contributed by atoms with Crippen molar-refractivity contribution < 1.29 is 0 Å². The molecule has 0 radical (unpaired) electrons. The second kappa shape index (κ2) is 5.48. The van der Waals surface area contributed by atoms with Gasteiger partial charge in [-0.3, -0.25) is 4.98 Å². The molecular weight excluding hydrogens is 234 g/mol. The summed E-state index contributed by atoms with van der Waals surface area (Å²) in [6.45, 7) is 0.836. The van der Waals surface area contributed by atoms with Gasteiger partial charge in [0.2, 0.25) is 0 Å². The van der Waals surface area contributed by atoms with E-state index in [1.807, 2.05) is 48.7 Å². The van der Waals surface area contributed by atoms with Gasteiger partial charge in [0, 0.05) is 30.2 Å².